The van der Waals surface area contributed by atoms with Gasteiger partial charge < -0.3 is 20.2 Å². The monoisotopic (exact) mass is 569 g/mol. The van der Waals surface area contributed by atoms with Crippen LogP contribution in [0.4, 0.5) is 17.6 Å². The van der Waals surface area contributed by atoms with Crippen molar-refractivity contribution in [3.63, 3.8) is 0 Å². The minimum atomic E-state index is -4.54. The fraction of sp³-hybridized carbons (Fsp3) is 0.630. The highest BCUT2D eigenvalue weighted by Crippen LogP contribution is 2.40. The molecule has 7 nitrogen and oxygen atoms in total. The van der Waals surface area contributed by atoms with Crippen molar-refractivity contribution in [2.45, 2.75) is 68.5 Å². The van der Waals surface area contributed by atoms with Crippen LogP contribution >= 0.6 is 11.8 Å². The number of aromatic nitrogens is 2. The number of halogens is 4. The molecule has 1 unspecified atom stereocenters. The van der Waals surface area contributed by atoms with Crippen molar-refractivity contribution in [3.8, 4) is 11.3 Å². The van der Waals surface area contributed by atoms with Gasteiger partial charge in [-0.1, -0.05) is 6.07 Å². The highest BCUT2D eigenvalue weighted by molar-refractivity contribution is 8.00. The molecule has 12 heteroatoms. The molecule has 4 heterocycles. The Morgan fingerprint density at radius 3 is 2.62 bits per heavy atom. The summed E-state index contributed by atoms with van der Waals surface area (Å²) >= 11 is 0.918. The first-order valence-electron chi connectivity index (χ1n) is 13.6. The predicted molar refractivity (Wildman–Crippen MR) is 141 cm³/mol. The van der Waals surface area contributed by atoms with E-state index in [2.05, 4.69) is 10.2 Å². The second kappa shape index (κ2) is 12.2. The number of hydrogen-bond donors (Lipinski definition) is 2. The van der Waals surface area contributed by atoms with E-state index < -0.39 is 24.0 Å². The summed E-state index contributed by atoms with van der Waals surface area (Å²) in [5.74, 6) is -0.196. The van der Waals surface area contributed by atoms with E-state index in [9.17, 15) is 27.5 Å². The van der Waals surface area contributed by atoms with Crippen LogP contribution in [0, 0.1) is 0 Å². The van der Waals surface area contributed by atoms with Gasteiger partial charge in [0.2, 0.25) is 5.91 Å². The van der Waals surface area contributed by atoms with Crippen LogP contribution in [0.5, 0.6) is 0 Å². The molecule has 1 amide bonds. The Labute approximate surface area is 229 Å². The van der Waals surface area contributed by atoms with Crippen LogP contribution in [0.3, 0.4) is 0 Å². The van der Waals surface area contributed by atoms with E-state index in [1.165, 1.54) is 12.1 Å². The summed E-state index contributed by atoms with van der Waals surface area (Å²) in [5.41, 5.74) is 2.25. The largest absolute Gasteiger partial charge is 0.417 e. The molecule has 39 heavy (non-hydrogen) atoms. The zero-order valence-corrected chi connectivity index (χ0v) is 22.7. The Balaban J connectivity index is 1.38. The average molecular weight is 570 g/mol. The molecule has 1 aromatic heterocycles. The highest BCUT2D eigenvalue weighted by atomic mass is 32.2. The van der Waals surface area contributed by atoms with Gasteiger partial charge in [-0.15, -0.1) is 11.8 Å². The molecular formula is C27H35F4N5O2S. The first kappa shape index (κ1) is 28.4. The van der Waals surface area contributed by atoms with Gasteiger partial charge in [-0.2, -0.15) is 18.3 Å². The first-order chi connectivity index (χ1) is 18.7. The smallest absolute Gasteiger partial charge is 0.390 e. The van der Waals surface area contributed by atoms with Crippen LogP contribution < -0.4 is 5.32 Å². The molecule has 0 saturated carbocycles. The van der Waals surface area contributed by atoms with Gasteiger partial charge in [-0.3, -0.25) is 9.48 Å². The van der Waals surface area contributed by atoms with Crippen molar-refractivity contribution in [1.82, 2.24) is 24.9 Å². The van der Waals surface area contributed by atoms with E-state index >= 15 is 0 Å². The molecule has 3 aliphatic heterocycles. The third-order valence-corrected chi connectivity index (χ3v) is 8.79. The van der Waals surface area contributed by atoms with Crippen molar-refractivity contribution in [2.24, 2.45) is 0 Å². The molecule has 2 aromatic rings. The average Bonchev–Trinajstić information content (AvgIpc) is 3.57. The number of benzene rings is 1. The number of alkyl halides is 4. The van der Waals surface area contributed by atoms with Gasteiger partial charge >= 0.3 is 6.18 Å². The molecule has 0 spiro atoms. The Morgan fingerprint density at radius 1 is 1.15 bits per heavy atom. The fourth-order valence-electron chi connectivity index (χ4n) is 5.66. The van der Waals surface area contributed by atoms with Crippen molar-refractivity contribution >= 4 is 17.7 Å². The summed E-state index contributed by atoms with van der Waals surface area (Å²) in [6.45, 7) is 4.47. The molecular weight excluding hydrogens is 534 g/mol. The predicted octanol–water partition coefficient (Wildman–Crippen LogP) is 3.72. The van der Waals surface area contributed by atoms with Crippen LogP contribution in [0.2, 0.25) is 0 Å². The zero-order chi connectivity index (χ0) is 27.6. The number of nitrogens with one attached hydrogen (secondary N) is 1. The number of fused-ring (bicyclic) bond motifs is 1. The van der Waals surface area contributed by atoms with Crippen molar-refractivity contribution in [1.29, 1.82) is 0 Å². The molecule has 0 bridgehead atoms. The lowest BCUT2D eigenvalue weighted by molar-refractivity contribution is -0.139. The second-order valence-electron chi connectivity index (χ2n) is 10.6. The van der Waals surface area contributed by atoms with Crippen LogP contribution in [0.15, 0.2) is 23.1 Å². The van der Waals surface area contributed by atoms with Crippen molar-refractivity contribution in [3.05, 3.63) is 35.0 Å². The Bertz CT molecular complexity index is 1160. The van der Waals surface area contributed by atoms with E-state index in [-0.39, 0.29) is 23.1 Å². The van der Waals surface area contributed by atoms with E-state index in [1.54, 1.807) is 9.58 Å². The molecule has 2 fully saturated rings. The summed E-state index contributed by atoms with van der Waals surface area (Å²) in [7, 11) is 0. The van der Waals surface area contributed by atoms with Gasteiger partial charge in [-0.05, 0) is 37.8 Å². The normalized spacial score (nSPS) is 19.9. The van der Waals surface area contributed by atoms with Gasteiger partial charge in [-0.25, -0.2) is 4.39 Å². The minimum Gasteiger partial charge on any atom is -0.390 e. The number of aliphatic hydroxyl groups excluding tert-OH is 1. The summed E-state index contributed by atoms with van der Waals surface area (Å²) < 4.78 is 56.8. The second-order valence-corrected chi connectivity index (χ2v) is 11.6. The Hall–Kier alpha value is -2.15. The molecule has 3 aliphatic rings. The lowest BCUT2D eigenvalue weighted by Gasteiger charge is -2.30. The van der Waals surface area contributed by atoms with Crippen LogP contribution in [0.1, 0.15) is 42.5 Å². The van der Waals surface area contributed by atoms with Gasteiger partial charge in [0, 0.05) is 74.0 Å². The number of piperidine rings is 1. The molecule has 1 atom stereocenters. The minimum absolute atomic E-state index is 0.0101. The number of hydrogen-bond acceptors (Lipinski definition) is 6. The van der Waals surface area contributed by atoms with Gasteiger partial charge in [0.1, 0.15) is 6.17 Å². The third-order valence-electron chi connectivity index (χ3n) is 7.75. The van der Waals surface area contributed by atoms with Crippen molar-refractivity contribution < 1.29 is 27.5 Å². The van der Waals surface area contributed by atoms with E-state index in [0.717, 1.165) is 48.5 Å². The fourth-order valence-corrected chi connectivity index (χ4v) is 6.67. The number of thioether (sulfide) groups is 1. The maximum atomic E-state index is 13.9. The van der Waals surface area contributed by atoms with Crippen LogP contribution in [0.25, 0.3) is 11.3 Å². The van der Waals surface area contributed by atoms with Gasteiger partial charge in [0.05, 0.1) is 29.7 Å². The van der Waals surface area contributed by atoms with Crippen molar-refractivity contribution in [2.75, 3.05) is 45.0 Å². The maximum absolute atomic E-state index is 13.9. The molecule has 0 radical (unpaired) electrons. The summed E-state index contributed by atoms with van der Waals surface area (Å²) in [4.78, 5) is 16.3. The van der Waals surface area contributed by atoms with Gasteiger partial charge in [0.15, 0.2) is 0 Å². The molecule has 0 aliphatic carbocycles. The number of nitrogens with zero attached hydrogens (tertiary/aromatic N) is 4. The number of aliphatic hydroxyl groups is 1. The zero-order valence-electron chi connectivity index (χ0n) is 21.9. The van der Waals surface area contributed by atoms with Gasteiger partial charge in [0.25, 0.3) is 0 Å². The summed E-state index contributed by atoms with van der Waals surface area (Å²) in [6, 6.07) is 4.00. The standard InChI is InChI=1S/C27H35F4N5O2S/c28-19-6-11-34(12-7-19)15-20(37)16-36-23-5-8-32-14-21(23)26(33-36)18-3-4-22(27(29,30)31)24(13-18)39-17-25(38)35-9-1-2-10-35/h3-4,13,19-20,32,37H,1-2,5-12,14-17H2. The number of β-amino-alcohol motifs (C(OH)–C–C–N with tert-alkyl or cyclic N) is 1. The third kappa shape index (κ3) is 6.78. The molecule has 214 valence electrons. The van der Waals surface area contributed by atoms with Crippen LogP contribution in [-0.2, 0) is 30.5 Å². The van der Waals surface area contributed by atoms with Crippen LogP contribution in [-0.4, -0.2) is 87.9 Å². The quantitative estimate of drug-likeness (QED) is 0.373. The SMILES string of the molecule is O=C(CSc1cc(-c2nn(CC(O)CN3CCC(F)CC3)c3c2CNCC3)ccc1C(F)(F)F)N1CCCC1. The molecule has 1 aromatic carbocycles. The number of likely N-dealkylation sites (tertiary alicyclic amines) is 2. The Kier molecular flexibility index (Phi) is 8.85. The Morgan fingerprint density at radius 2 is 1.90 bits per heavy atom. The van der Waals surface area contributed by atoms with E-state index in [4.69, 9.17) is 5.10 Å². The highest BCUT2D eigenvalue weighted by Gasteiger charge is 2.35. The molecule has 2 saturated heterocycles. The molecule has 5 rings (SSSR count). The lowest BCUT2D eigenvalue weighted by Crippen LogP contribution is -2.41. The first-order valence-corrected chi connectivity index (χ1v) is 14.6. The van der Waals surface area contributed by atoms with E-state index in [1.807, 2.05) is 0 Å². The maximum Gasteiger partial charge on any atom is 0.417 e. The number of carbonyl (C=O) groups is 1. The summed E-state index contributed by atoms with van der Waals surface area (Å²) in [6.07, 6.45) is -2.55. The number of amides is 1. The summed E-state index contributed by atoms with van der Waals surface area (Å²) in [5, 5.41) is 18.9. The topological polar surface area (TPSA) is 73.6 Å². The van der Waals surface area contributed by atoms with E-state index in [0.29, 0.717) is 69.8 Å². The lowest BCUT2D eigenvalue weighted by atomic mass is 10.0. The molecule has 2 N–H and O–H groups in total. The number of rotatable bonds is 8. The number of carbonyl (C=O) groups excluding carboxylic acids is 1.